The van der Waals surface area contributed by atoms with E-state index in [1.165, 1.54) is 0 Å². The molecule has 0 aliphatic heterocycles. The van der Waals surface area contributed by atoms with Crippen LogP contribution in [0.5, 0.6) is 0 Å². The minimum Gasteiger partial charge on any atom is -0.330 e. The second-order valence-corrected chi connectivity index (χ2v) is 5.81. The number of H-pyrrole nitrogens is 1. The molecule has 2 aromatic carbocycles. The number of rotatable bonds is 1. The lowest BCUT2D eigenvalue weighted by atomic mass is 10.1. The van der Waals surface area contributed by atoms with Crippen molar-refractivity contribution in [3.05, 3.63) is 56.8 Å². The number of benzene rings is 2. The molecule has 0 aliphatic carbocycles. The Kier molecular flexibility index (Phi) is 3.20. The minimum absolute atomic E-state index is 0.583. The molecule has 0 spiro atoms. The maximum Gasteiger partial charge on any atom is 0.182 e. The molecule has 0 radical (unpaired) electrons. The Bertz CT molecular complexity index is 915. The molecule has 3 nitrogen and oxygen atoms in total. The summed E-state index contributed by atoms with van der Waals surface area (Å²) in [5.41, 5.74) is 4.47. The van der Waals surface area contributed by atoms with Gasteiger partial charge in [-0.2, -0.15) is 5.26 Å². The van der Waals surface area contributed by atoms with Crippen molar-refractivity contribution in [3.8, 4) is 11.8 Å². The molecule has 5 heteroatoms. The number of nitrogens with zero attached hydrogens (tertiary/aromatic N) is 2. The predicted molar refractivity (Wildman–Crippen MR) is 85.6 cm³/mol. The van der Waals surface area contributed by atoms with Crippen LogP contribution in [0.4, 0.5) is 0 Å². The van der Waals surface area contributed by atoms with Gasteiger partial charge in [-0.05, 0) is 49.0 Å². The smallest absolute Gasteiger partial charge is 0.182 e. The van der Waals surface area contributed by atoms with Crippen LogP contribution in [0.3, 0.4) is 0 Å². The van der Waals surface area contributed by atoms with Crippen molar-refractivity contribution in [2.24, 2.45) is 0 Å². The Morgan fingerprint density at radius 3 is 2.85 bits per heavy atom. The molecular formula is C15H10BrN3S. The number of imidazole rings is 1. The van der Waals surface area contributed by atoms with Crippen LogP contribution in [0, 0.1) is 23.0 Å². The summed E-state index contributed by atoms with van der Waals surface area (Å²) in [6.07, 6.45) is 0. The SMILES string of the molecule is Cc1cccc2[nH]c(=S)n(-c3ccc(Br)cc3C#N)c12. The van der Waals surface area contributed by atoms with Crippen LogP contribution in [0.1, 0.15) is 11.1 Å². The first-order valence-electron chi connectivity index (χ1n) is 6.02. The summed E-state index contributed by atoms with van der Waals surface area (Å²) in [4.78, 5) is 3.19. The Labute approximate surface area is 129 Å². The van der Waals surface area contributed by atoms with Gasteiger partial charge in [0, 0.05) is 4.47 Å². The molecule has 20 heavy (non-hydrogen) atoms. The number of nitriles is 1. The minimum atomic E-state index is 0.583. The highest BCUT2D eigenvalue weighted by molar-refractivity contribution is 9.10. The van der Waals surface area contributed by atoms with Gasteiger partial charge < -0.3 is 4.98 Å². The van der Waals surface area contributed by atoms with E-state index >= 15 is 0 Å². The molecule has 0 unspecified atom stereocenters. The van der Waals surface area contributed by atoms with Gasteiger partial charge in [0.2, 0.25) is 0 Å². The van der Waals surface area contributed by atoms with Crippen molar-refractivity contribution < 1.29 is 0 Å². The van der Waals surface area contributed by atoms with Gasteiger partial charge in [0.25, 0.3) is 0 Å². The van der Waals surface area contributed by atoms with Crippen molar-refractivity contribution in [1.82, 2.24) is 9.55 Å². The van der Waals surface area contributed by atoms with Gasteiger partial charge in [-0.3, -0.25) is 4.57 Å². The maximum atomic E-state index is 9.35. The Morgan fingerprint density at radius 1 is 1.30 bits per heavy atom. The third-order valence-electron chi connectivity index (χ3n) is 3.23. The van der Waals surface area contributed by atoms with Gasteiger partial charge in [-0.15, -0.1) is 0 Å². The average Bonchev–Trinajstić information content (AvgIpc) is 2.76. The fourth-order valence-corrected chi connectivity index (χ4v) is 3.01. The zero-order valence-electron chi connectivity index (χ0n) is 10.6. The number of hydrogen-bond acceptors (Lipinski definition) is 2. The number of halogens is 1. The van der Waals surface area contributed by atoms with Crippen LogP contribution in [-0.2, 0) is 0 Å². The van der Waals surface area contributed by atoms with Crippen LogP contribution in [0.25, 0.3) is 16.7 Å². The molecule has 0 atom stereocenters. The fourth-order valence-electron chi connectivity index (χ4n) is 2.35. The van der Waals surface area contributed by atoms with Crippen LogP contribution >= 0.6 is 28.1 Å². The standard InChI is InChI=1S/C15H10BrN3S/c1-9-3-2-4-12-14(9)19(15(20)18-12)13-6-5-11(16)7-10(13)8-17/h2-7H,1H3,(H,18,20). The third kappa shape index (κ3) is 1.98. The number of para-hydroxylation sites is 1. The Hall–Kier alpha value is -1.90. The zero-order valence-corrected chi connectivity index (χ0v) is 13.0. The van der Waals surface area contributed by atoms with E-state index in [4.69, 9.17) is 12.2 Å². The Balaban J connectivity index is 2.45. The van der Waals surface area contributed by atoms with Gasteiger partial charge in [0.15, 0.2) is 4.77 Å². The first-order chi connectivity index (χ1) is 9.61. The monoisotopic (exact) mass is 343 g/mol. The summed E-state index contributed by atoms with van der Waals surface area (Å²) in [7, 11) is 0. The van der Waals surface area contributed by atoms with Gasteiger partial charge in [0.05, 0.1) is 22.3 Å². The first kappa shape index (κ1) is 13.1. The number of aromatic amines is 1. The number of fused-ring (bicyclic) bond motifs is 1. The Morgan fingerprint density at radius 2 is 2.10 bits per heavy atom. The first-order valence-corrected chi connectivity index (χ1v) is 7.22. The largest absolute Gasteiger partial charge is 0.330 e. The van der Waals surface area contributed by atoms with Crippen LogP contribution in [0.15, 0.2) is 40.9 Å². The van der Waals surface area contributed by atoms with Gasteiger partial charge >= 0.3 is 0 Å². The van der Waals surface area contributed by atoms with E-state index in [1.54, 1.807) is 6.07 Å². The molecule has 3 aromatic rings. The second kappa shape index (κ2) is 4.89. The molecule has 0 saturated carbocycles. The fraction of sp³-hybridized carbons (Fsp3) is 0.0667. The van der Waals surface area contributed by atoms with Gasteiger partial charge in [-0.1, -0.05) is 28.1 Å². The molecule has 0 aliphatic rings. The highest BCUT2D eigenvalue weighted by Crippen LogP contribution is 2.26. The number of hydrogen-bond donors (Lipinski definition) is 1. The quantitative estimate of drug-likeness (QED) is 0.654. The molecule has 98 valence electrons. The second-order valence-electron chi connectivity index (χ2n) is 4.51. The third-order valence-corrected chi connectivity index (χ3v) is 4.00. The molecule has 1 N–H and O–H groups in total. The lowest BCUT2D eigenvalue weighted by Gasteiger charge is -2.08. The van der Waals surface area contributed by atoms with Crippen molar-refractivity contribution in [2.45, 2.75) is 6.92 Å². The van der Waals surface area contributed by atoms with Gasteiger partial charge in [0.1, 0.15) is 6.07 Å². The molecule has 0 saturated heterocycles. The highest BCUT2D eigenvalue weighted by Gasteiger charge is 2.12. The summed E-state index contributed by atoms with van der Waals surface area (Å²) in [5, 5.41) is 9.35. The van der Waals surface area contributed by atoms with Crippen molar-refractivity contribution >= 4 is 39.2 Å². The molecule has 3 rings (SSSR count). The van der Waals surface area contributed by atoms with E-state index < -0.39 is 0 Å². The summed E-state index contributed by atoms with van der Waals surface area (Å²) < 4.78 is 3.39. The van der Waals surface area contributed by atoms with E-state index in [0.29, 0.717) is 10.3 Å². The van der Waals surface area contributed by atoms with Gasteiger partial charge in [-0.25, -0.2) is 0 Å². The predicted octanol–water partition coefficient (Wildman–Crippen LogP) is 4.63. The zero-order chi connectivity index (χ0) is 14.3. The van der Waals surface area contributed by atoms with E-state index in [-0.39, 0.29) is 0 Å². The molecule has 1 heterocycles. The lowest BCUT2D eigenvalue weighted by molar-refractivity contribution is 1.05. The molecular weight excluding hydrogens is 334 g/mol. The van der Waals surface area contributed by atoms with E-state index in [9.17, 15) is 5.26 Å². The van der Waals surface area contributed by atoms with E-state index in [0.717, 1.165) is 26.8 Å². The topological polar surface area (TPSA) is 44.5 Å². The van der Waals surface area contributed by atoms with E-state index in [1.807, 2.05) is 41.8 Å². The lowest BCUT2D eigenvalue weighted by Crippen LogP contribution is -1.98. The molecule has 0 fully saturated rings. The summed E-state index contributed by atoms with van der Waals surface area (Å²) in [6.45, 7) is 2.03. The van der Waals surface area contributed by atoms with Crippen LogP contribution < -0.4 is 0 Å². The normalized spacial score (nSPS) is 10.7. The molecule has 0 bridgehead atoms. The number of nitrogens with one attached hydrogen (secondary N) is 1. The molecule has 0 amide bonds. The summed E-state index contributed by atoms with van der Waals surface area (Å²) in [6, 6.07) is 13.8. The van der Waals surface area contributed by atoms with Crippen molar-refractivity contribution in [2.75, 3.05) is 0 Å². The number of aromatic nitrogens is 2. The number of aryl methyl sites for hydroxylation is 1. The maximum absolute atomic E-state index is 9.35. The van der Waals surface area contributed by atoms with Crippen LogP contribution in [0.2, 0.25) is 0 Å². The highest BCUT2D eigenvalue weighted by atomic mass is 79.9. The van der Waals surface area contributed by atoms with E-state index in [2.05, 4.69) is 27.0 Å². The van der Waals surface area contributed by atoms with Crippen molar-refractivity contribution in [1.29, 1.82) is 5.26 Å². The molecule has 1 aromatic heterocycles. The summed E-state index contributed by atoms with van der Waals surface area (Å²) in [5.74, 6) is 0. The average molecular weight is 344 g/mol. The van der Waals surface area contributed by atoms with Crippen LogP contribution in [-0.4, -0.2) is 9.55 Å². The summed E-state index contributed by atoms with van der Waals surface area (Å²) >= 11 is 8.81. The van der Waals surface area contributed by atoms with Crippen molar-refractivity contribution in [3.63, 3.8) is 0 Å².